The van der Waals surface area contributed by atoms with Crippen molar-refractivity contribution in [3.8, 4) is 0 Å². The van der Waals surface area contributed by atoms with Gasteiger partial charge in [0.05, 0.1) is 0 Å². The predicted molar refractivity (Wildman–Crippen MR) is 87.2 cm³/mol. The van der Waals surface area contributed by atoms with Gasteiger partial charge >= 0.3 is 0 Å². The molecule has 2 aromatic carbocycles. The number of rotatable bonds is 4. The molecule has 0 bridgehead atoms. The zero-order valence-electron chi connectivity index (χ0n) is 13.3. The zero-order chi connectivity index (χ0) is 16.6. The van der Waals surface area contributed by atoms with Crippen molar-refractivity contribution < 1.29 is 13.6 Å². The van der Waals surface area contributed by atoms with Crippen LogP contribution < -0.4 is 4.90 Å². The summed E-state index contributed by atoms with van der Waals surface area (Å²) in [7, 11) is 0. The van der Waals surface area contributed by atoms with E-state index in [4.69, 9.17) is 0 Å². The van der Waals surface area contributed by atoms with Gasteiger partial charge in [-0.2, -0.15) is 0 Å². The highest BCUT2D eigenvalue weighted by atomic mass is 19.3. The summed E-state index contributed by atoms with van der Waals surface area (Å²) in [5.41, 5.74) is 3.81. The topological polar surface area (TPSA) is 20.3 Å². The Kier molecular flexibility index (Phi) is 3.92. The van der Waals surface area contributed by atoms with Crippen LogP contribution in [0.1, 0.15) is 40.9 Å². The van der Waals surface area contributed by atoms with Crippen molar-refractivity contribution in [1.29, 1.82) is 0 Å². The highest BCUT2D eigenvalue weighted by Crippen LogP contribution is 2.32. The molecule has 2 nitrogen and oxygen atoms in total. The second-order valence-corrected chi connectivity index (χ2v) is 6.16. The third-order valence-electron chi connectivity index (χ3n) is 4.29. The molecule has 0 aliphatic carbocycles. The molecule has 0 unspecified atom stereocenters. The first kappa shape index (κ1) is 15.7. The fraction of sp³-hybridized carbons (Fsp3) is 0.316. The molecule has 1 heterocycles. The molecule has 0 aromatic heterocycles. The summed E-state index contributed by atoms with van der Waals surface area (Å²) < 4.78 is 27.0. The van der Waals surface area contributed by atoms with Crippen molar-refractivity contribution in [3.63, 3.8) is 0 Å². The first-order chi connectivity index (χ1) is 10.8. The van der Waals surface area contributed by atoms with Crippen LogP contribution in [0.3, 0.4) is 0 Å². The van der Waals surface area contributed by atoms with Crippen molar-refractivity contribution in [3.05, 3.63) is 64.7 Å². The lowest BCUT2D eigenvalue weighted by Gasteiger charge is -2.21. The van der Waals surface area contributed by atoms with Gasteiger partial charge < -0.3 is 4.90 Å². The molecule has 0 saturated carbocycles. The molecular formula is C19H19F2NO. The van der Waals surface area contributed by atoms with Crippen LogP contribution in [0.4, 0.5) is 14.5 Å². The number of Topliss-reactive ketones (excluding diaryl/α,β-unsaturated/α-hetero) is 1. The Morgan fingerprint density at radius 2 is 2.00 bits per heavy atom. The molecule has 0 atom stereocenters. The maximum atomic E-state index is 13.5. The molecule has 0 N–H and O–H groups in total. The fourth-order valence-corrected chi connectivity index (χ4v) is 2.99. The number of nitrogens with zero attached hydrogens (tertiary/aromatic N) is 1. The van der Waals surface area contributed by atoms with E-state index in [1.807, 2.05) is 24.3 Å². The second kappa shape index (κ2) is 5.76. The number of carbonyl (C=O) groups excluding carboxylic acids is 1. The predicted octanol–water partition coefficient (Wildman–Crippen LogP) is 4.56. The maximum Gasteiger partial charge on any atom is 0.270 e. The smallest absolute Gasteiger partial charge is 0.270 e. The molecular weight excluding hydrogens is 296 g/mol. The van der Waals surface area contributed by atoms with E-state index in [9.17, 15) is 13.6 Å². The fourth-order valence-electron chi connectivity index (χ4n) is 2.99. The Balaban J connectivity index is 1.87. The summed E-state index contributed by atoms with van der Waals surface area (Å²) >= 11 is 0. The molecule has 1 aliphatic heterocycles. The number of benzene rings is 2. The number of alkyl halides is 2. The average molecular weight is 315 g/mol. The Bertz CT molecular complexity index is 749. The van der Waals surface area contributed by atoms with Crippen LogP contribution in [-0.4, -0.2) is 12.3 Å². The van der Waals surface area contributed by atoms with E-state index in [1.54, 1.807) is 19.1 Å². The number of ketones is 1. The molecule has 3 rings (SSSR count). The minimum absolute atomic E-state index is 0.0342. The van der Waals surface area contributed by atoms with E-state index < -0.39 is 5.92 Å². The molecule has 4 heteroatoms. The van der Waals surface area contributed by atoms with E-state index in [0.29, 0.717) is 12.1 Å². The van der Waals surface area contributed by atoms with Crippen LogP contribution in [0, 0.1) is 0 Å². The van der Waals surface area contributed by atoms with Gasteiger partial charge in [-0.15, -0.1) is 0 Å². The number of halogens is 2. The Morgan fingerprint density at radius 3 is 2.70 bits per heavy atom. The SMILES string of the molecule is CC(=O)c1ccc2c(c1)N(Cc1cccc(C(C)(F)F)c1)CC2. The van der Waals surface area contributed by atoms with Gasteiger partial charge in [-0.05, 0) is 36.6 Å². The van der Waals surface area contributed by atoms with Crippen molar-refractivity contribution in [2.24, 2.45) is 0 Å². The van der Waals surface area contributed by atoms with Gasteiger partial charge in [0.15, 0.2) is 5.78 Å². The van der Waals surface area contributed by atoms with E-state index in [2.05, 4.69) is 4.90 Å². The van der Waals surface area contributed by atoms with Crippen LogP contribution in [0.15, 0.2) is 42.5 Å². The van der Waals surface area contributed by atoms with E-state index in [0.717, 1.165) is 31.1 Å². The molecule has 0 amide bonds. The van der Waals surface area contributed by atoms with Gasteiger partial charge in [-0.1, -0.05) is 30.3 Å². The van der Waals surface area contributed by atoms with Gasteiger partial charge in [0.25, 0.3) is 5.92 Å². The second-order valence-electron chi connectivity index (χ2n) is 6.16. The number of anilines is 1. The summed E-state index contributed by atoms with van der Waals surface area (Å²) in [5, 5.41) is 0. The van der Waals surface area contributed by atoms with Crippen LogP contribution >= 0.6 is 0 Å². The summed E-state index contributed by atoms with van der Waals surface area (Å²) in [4.78, 5) is 13.7. The Labute approximate surface area is 134 Å². The van der Waals surface area contributed by atoms with Crippen LogP contribution in [0.2, 0.25) is 0 Å². The quantitative estimate of drug-likeness (QED) is 0.771. The standard InChI is InChI=1S/C19H19F2NO/c1-13(23)16-7-6-15-8-9-22(18(15)11-16)12-14-4-3-5-17(10-14)19(2,20)21/h3-7,10-11H,8-9,12H2,1-2H3. The zero-order valence-corrected chi connectivity index (χ0v) is 13.3. The molecule has 0 saturated heterocycles. The van der Waals surface area contributed by atoms with Gasteiger partial charge in [-0.25, -0.2) is 8.78 Å². The molecule has 120 valence electrons. The minimum Gasteiger partial charge on any atom is -0.367 e. The molecule has 0 radical (unpaired) electrons. The maximum absolute atomic E-state index is 13.5. The average Bonchev–Trinajstić information content (AvgIpc) is 2.89. The lowest BCUT2D eigenvalue weighted by atomic mass is 10.1. The lowest BCUT2D eigenvalue weighted by Crippen LogP contribution is -2.20. The summed E-state index contributed by atoms with van der Waals surface area (Å²) in [6, 6.07) is 12.3. The summed E-state index contributed by atoms with van der Waals surface area (Å²) in [5.74, 6) is -2.80. The van der Waals surface area contributed by atoms with Crippen molar-refractivity contribution >= 4 is 11.5 Å². The summed E-state index contributed by atoms with van der Waals surface area (Å²) in [6.07, 6.45) is 0.914. The highest BCUT2D eigenvalue weighted by molar-refractivity contribution is 5.95. The lowest BCUT2D eigenvalue weighted by molar-refractivity contribution is 0.0174. The molecule has 0 fully saturated rings. The third-order valence-corrected chi connectivity index (χ3v) is 4.29. The van der Waals surface area contributed by atoms with Gasteiger partial charge in [0.1, 0.15) is 0 Å². The van der Waals surface area contributed by atoms with Gasteiger partial charge in [0.2, 0.25) is 0 Å². The highest BCUT2D eigenvalue weighted by Gasteiger charge is 2.25. The number of hydrogen-bond donors (Lipinski definition) is 0. The third kappa shape index (κ3) is 3.26. The minimum atomic E-state index is -2.83. The largest absolute Gasteiger partial charge is 0.367 e. The molecule has 0 spiro atoms. The van der Waals surface area contributed by atoms with Crippen molar-refractivity contribution in [2.75, 3.05) is 11.4 Å². The van der Waals surface area contributed by atoms with E-state index in [1.165, 1.54) is 11.6 Å². The van der Waals surface area contributed by atoms with Gasteiger partial charge in [0, 0.05) is 36.8 Å². The Hall–Kier alpha value is -2.23. The normalized spacial score (nSPS) is 14.0. The van der Waals surface area contributed by atoms with Crippen molar-refractivity contribution in [2.45, 2.75) is 32.7 Å². The first-order valence-electron chi connectivity index (χ1n) is 7.70. The number of fused-ring (bicyclic) bond motifs is 1. The monoisotopic (exact) mass is 315 g/mol. The van der Waals surface area contributed by atoms with E-state index in [-0.39, 0.29) is 11.3 Å². The van der Waals surface area contributed by atoms with Crippen LogP contribution in [0.25, 0.3) is 0 Å². The Morgan fingerprint density at radius 1 is 1.22 bits per heavy atom. The van der Waals surface area contributed by atoms with Crippen LogP contribution in [0.5, 0.6) is 0 Å². The number of carbonyl (C=O) groups is 1. The molecule has 1 aliphatic rings. The van der Waals surface area contributed by atoms with Crippen molar-refractivity contribution in [1.82, 2.24) is 0 Å². The van der Waals surface area contributed by atoms with E-state index >= 15 is 0 Å². The van der Waals surface area contributed by atoms with Crippen LogP contribution in [-0.2, 0) is 18.9 Å². The summed E-state index contributed by atoms with van der Waals surface area (Å²) in [6.45, 7) is 3.87. The molecule has 2 aromatic rings. The number of hydrogen-bond acceptors (Lipinski definition) is 2. The molecule has 23 heavy (non-hydrogen) atoms. The first-order valence-corrected chi connectivity index (χ1v) is 7.70. The van der Waals surface area contributed by atoms with Gasteiger partial charge in [-0.3, -0.25) is 4.79 Å².